The van der Waals surface area contributed by atoms with Gasteiger partial charge in [-0.2, -0.15) is 0 Å². The molecule has 2 fully saturated rings. The minimum Gasteiger partial charge on any atom is -0.444 e. The van der Waals surface area contributed by atoms with Crippen LogP contribution in [0.25, 0.3) is 0 Å². The maximum atomic E-state index is 11.8. The molecule has 22 heavy (non-hydrogen) atoms. The van der Waals surface area contributed by atoms with Gasteiger partial charge in [0.25, 0.3) is 0 Å². The van der Waals surface area contributed by atoms with Crippen molar-refractivity contribution in [1.29, 1.82) is 0 Å². The predicted octanol–water partition coefficient (Wildman–Crippen LogP) is 3.04. The van der Waals surface area contributed by atoms with E-state index in [1.54, 1.807) is 4.90 Å². The fourth-order valence-corrected chi connectivity index (χ4v) is 2.33. The second-order valence-electron chi connectivity index (χ2n) is 8.16. The molecule has 6 heteroatoms. The predicted molar refractivity (Wildman–Crippen MR) is 86.5 cm³/mol. The monoisotopic (exact) mass is 309 g/mol. The van der Waals surface area contributed by atoms with E-state index in [2.05, 4.69) is 6.08 Å². The summed E-state index contributed by atoms with van der Waals surface area (Å²) in [7, 11) is -0.319. The smallest absolute Gasteiger partial charge is 0.444 e. The van der Waals surface area contributed by atoms with E-state index in [0.717, 1.165) is 0 Å². The third-order valence-corrected chi connectivity index (χ3v) is 4.37. The minimum atomic E-state index is -0.444. The standard InChI is InChI=1S/C16H28BNO4/c1-14(2,3)20-13(19)18-10-12(11-18)8-9-17-21-15(4,5)16(6,7)22-17/h8-9,12H,10-11H2,1-7H3. The van der Waals surface area contributed by atoms with Crippen LogP contribution in [-0.4, -0.2) is 48.0 Å². The molecule has 2 rings (SSSR count). The van der Waals surface area contributed by atoms with Gasteiger partial charge >= 0.3 is 13.2 Å². The Bertz CT molecular complexity index is 445. The Morgan fingerprint density at radius 2 is 1.68 bits per heavy atom. The summed E-state index contributed by atoms with van der Waals surface area (Å²) < 4.78 is 17.2. The molecular formula is C16H28BNO4. The fraction of sp³-hybridized carbons (Fsp3) is 0.812. The average Bonchev–Trinajstić information content (AvgIpc) is 2.42. The van der Waals surface area contributed by atoms with Crippen molar-refractivity contribution >= 4 is 13.2 Å². The molecule has 0 atom stereocenters. The molecule has 0 spiro atoms. The van der Waals surface area contributed by atoms with Crippen LogP contribution in [0, 0.1) is 5.92 Å². The van der Waals surface area contributed by atoms with Crippen molar-refractivity contribution in [2.24, 2.45) is 5.92 Å². The highest BCUT2D eigenvalue weighted by atomic mass is 16.7. The lowest BCUT2D eigenvalue weighted by Crippen LogP contribution is -2.50. The molecule has 0 bridgehead atoms. The number of rotatable bonds is 2. The fourth-order valence-electron chi connectivity index (χ4n) is 2.33. The van der Waals surface area contributed by atoms with Gasteiger partial charge in [-0.25, -0.2) is 4.79 Å². The summed E-state index contributed by atoms with van der Waals surface area (Å²) in [5.41, 5.74) is -1.07. The summed E-state index contributed by atoms with van der Waals surface area (Å²) in [6, 6.07) is 0. The van der Waals surface area contributed by atoms with Gasteiger partial charge in [-0.1, -0.05) is 12.1 Å². The quantitative estimate of drug-likeness (QED) is 0.736. The first-order chi connectivity index (χ1) is 9.90. The topological polar surface area (TPSA) is 48.0 Å². The summed E-state index contributed by atoms with van der Waals surface area (Å²) >= 11 is 0. The number of hydrogen-bond acceptors (Lipinski definition) is 4. The van der Waals surface area contributed by atoms with Crippen LogP contribution >= 0.6 is 0 Å². The van der Waals surface area contributed by atoms with Crippen molar-refractivity contribution in [3.05, 3.63) is 12.1 Å². The Balaban J connectivity index is 1.78. The van der Waals surface area contributed by atoms with Crippen LogP contribution in [0.1, 0.15) is 48.5 Å². The molecular weight excluding hydrogens is 281 g/mol. The van der Waals surface area contributed by atoms with Gasteiger partial charge < -0.3 is 18.9 Å². The van der Waals surface area contributed by atoms with E-state index in [4.69, 9.17) is 14.0 Å². The molecule has 0 aromatic heterocycles. The Hall–Kier alpha value is -1.01. The van der Waals surface area contributed by atoms with Crippen LogP contribution in [0.2, 0.25) is 0 Å². The molecule has 0 saturated carbocycles. The molecule has 2 heterocycles. The van der Waals surface area contributed by atoms with Crippen molar-refractivity contribution in [3.8, 4) is 0 Å². The normalized spacial score (nSPS) is 24.7. The minimum absolute atomic E-state index is 0.243. The van der Waals surface area contributed by atoms with Crippen LogP contribution in [0.4, 0.5) is 4.79 Å². The van der Waals surface area contributed by atoms with Gasteiger partial charge in [0.05, 0.1) is 11.2 Å². The first-order valence-electron chi connectivity index (χ1n) is 7.91. The molecule has 1 amide bonds. The van der Waals surface area contributed by atoms with Crippen LogP contribution in [0.15, 0.2) is 12.1 Å². The zero-order valence-corrected chi connectivity index (χ0v) is 14.8. The zero-order chi connectivity index (χ0) is 16.8. The number of nitrogens with zero attached hydrogens (tertiary/aromatic N) is 1. The van der Waals surface area contributed by atoms with Gasteiger partial charge in [-0.15, -0.1) is 0 Å². The first kappa shape index (κ1) is 17.4. The lowest BCUT2D eigenvalue weighted by molar-refractivity contribution is 0.00493. The van der Waals surface area contributed by atoms with E-state index in [-0.39, 0.29) is 24.4 Å². The Morgan fingerprint density at radius 3 is 2.14 bits per heavy atom. The van der Waals surface area contributed by atoms with E-state index in [1.807, 2.05) is 54.4 Å². The van der Waals surface area contributed by atoms with Crippen LogP contribution < -0.4 is 0 Å². The van der Waals surface area contributed by atoms with Crippen molar-refractivity contribution in [2.75, 3.05) is 13.1 Å². The molecule has 2 aliphatic heterocycles. The molecule has 124 valence electrons. The molecule has 0 aromatic carbocycles. The molecule has 5 nitrogen and oxygen atoms in total. The lowest BCUT2D eigenvalue weighted by Gasteiger charge is -2.38. The second kappa shape index (κ2) is 5.57. The number of ether oxygens (including phenoxy) is 1. The van der Waals surface area contributed by atoms with Gasteiger partial charge in [0.1, 0.15) is 5.60 Å². The van der Waals surface area contributed by atoms with Crippen LogP contribution in [-0.2, 0) is 14.0 Å². The molecule has 0 N–H and O–H groups in total. The summed E-state index contributed by atoms with van der Waals surface area (Å²) in [5.74, 6) is 2.29. The Morgan fingerprint density at radius 1 is 1.18 bits per heavy atom. The van der Waals surface area contributed by atoms with Crippen molar-refractivity contribution in [3.63, 3.8) is 0 Å². The third-order valence-electron chi connectivity index (χ3n) is 4.37. The largest absolute Gasteiger partial charge is 0.486 e. The molecule has 0 unspecified atom stereocenters. The van der Waals surface area contributed by atoms with Gasteiger partial charge in [0.15, 0.2) is 0 Å². The number of amides is 1. The Kier molecular flexibility index (Phi) is 4.39. The SMILES string of the molecule is CC(C)(C)OC(=O)N1CC(C=CB2OC(C)(C)C(C)(C)O2)C1. The maximum absolute atomic E-state index is 11.8. The molecule has 2 saturated heterocycles. The molecule has 0 radical (unpaired) electrons. The number of carbonyl (C=O) groups is 1. The highest BCUT2D eigenvalue weighted by Crippen LogP contribution is 2.37. The summed E-state index contributed by atoms with van der Waals surface area (Å²) in [6.45, 7) is 15.1. The van der Waals surface area contributed by atoms with E-state index >= 15 is 0 Å². The highest BCUT2D eigenvalue weighted by molar-refractivity contribution is 6.51. The molecule has 0 aliphatic carbocycles. The number of carbonyl (C=O) groups excluding carboxylic acids is 1. The summed E-state index contributed by atoms with van der Waals surface area (Å²) in [6.07, 6.45) is 1.83. The van der Waals surface area contributed by atoms with E-state index in [0.29, 0.717) is 19.0 Å². The molecule has 0 aromatic rings. The zero-order valence-electron chi connectivity index (χ0n) is 14.8. The van der Waals surface area contributed by atoms with Gasteiger partial charge in [-0.05, 0) is 48.5 Å². The van der Waals surface area contributed by atoms with Gasteiger partial charge in [0.2, 0.25) is 0 Å². The van der Waals surface area contributed by atoms with Gasteiger partial charge in [-0.3, -0.25) is 0 Å². The average molecular weight is 309 g/mol. The van der Waals surface area contributed by atoms with Gasteiger partial charge in [0, 0.05) is 19.0 Å². The lowest BCUT2D eigenvalue weighted by atomic mass is 9.86. The summed E-state index contributed by atoms with van der Waals surface area (Å²) in [4.78, 5) is 13.6. The van der Waals surface area contributed by atoms with Crippen LogP contribution in [0.5, 0.6) is 0 Å². The third kappa shape index (κ3) is 3.85. The van der Waals surface area contributed by atoms with Crippen molar-refractivity contribution < 1.29 is 18.8 Å². The summed E-state index contributed by atoms with van der Waals surface area (Å²) in [5, 5.41) is 0. The van der Waals surface area contributed by atoms with E-state index < -0.39 is 5.60 Å². The highest BCUT2D eigenvalue weighted by Gasteiger charge is 2.50. The first-order valence-corrected chi connectivity index (χ1v) is 7.91. The van der Waals surface area contributed by atoms with E-state index in [9.17, 15) is 4.79 Å². The van der Waals surface area contributed by atoms with Crippen LogP contribution in [0.3, 0.4) is 0 Å². The van der Waals surface area contributed by atoms with E-state index in [1.165, 1.54) is 0 Å². The number of likely N-dealkylation sites (tertiary alicyclic amines) is 1. The number of hydrogen-bond donors (Lipinski definition) is 0. The van der Waals surface area contributed by atoms with Crippen molar-refractivity contribution in [1.82, 2.24) is 4.90 Å². The second-order valence-corrected chi connectivity index (χ2v) is 8.16. The Labute approximate surface area is 134 Å². The van der Waals surface area contributed by atoms with Crippen molar-refractivity contribution in [2.45, 2.75) is 65.3 Å². The maximum Gasteiger partial charge on any atom is 0.486 e. The molecule has 2 aliphatic rings.